The van der Waals surface area contributed by atoms with E-state index in [-0.39, 0.29) is 0 Å². The first-order valence-corrected chi connectivity index (χ1v) is 7.94. The quantitative estimate of drug-likeness (QED) is 0.603. The van der Waals surface area contributed by atoms with Crippen LogP contribution in [0.2, 0.25) is 0 Å². The molecule has 0 heterocycles. The summed E-state index contributed by atoms with van der Waals surface area (Å²) in [6.07, 6.45) is 3.58. The van der Waals surface area contributed by atoms with Crippen molar-refractivity contribution in [2.24, 2.45) is 0 Å². The third-order valence-corrected chi connectivity index (χ3v) is 6.33. The van der Waals surface area contributed by atoms with Gasteiger partial charge in [0, 0.05) is 15.9 Å². The van der Waals surface area contributed by atoms with E-state index >= 15 is 0 Å². The maximum atomic E-state index is 13.6. The molecule has 0 aromatic heterocycles. The number of benzene rings is 2. The summed E-state index contributed by atoms with van der Waals surface area (Å²) >= 11 is 0. The van der Waals surface area contributed by atoms with Crippen LogP contribution in [0.15, 0.2) is 84.7 Å². The van der Waals surface area contributed by atoms with Crippen LogP contribution in [0.25, 0.3) is 0 Å². The highest BCUT2D eigenvalue weighted by atomic mass is 31.2. The molecule has 0 bridgehead atoms. The van der Waals surface area contributed by atoms with Gasteiger partial charge in [-0.15, -0.1) is 0 Å². The third-order valence-electron chi connectivity index (χ3n) is 3.11. The molecule has 0 saturated heterocycles. The van der Waals surface area contributed by atoms with Gasteiger partial charge in [0.2, 0.25) is 0 Å². The lowest BCUT2D eigenvalue weighted by Gasteiger charge is -2.20. The highest BCUT2D eigenvalue weighted by molar-refractivity contribution is 7.82. The van der Waals surface area contributed by atoms with Gasteiger partial charge in [0.05, 0.1) is 0 Å². The second-order valence-electron chi connectivity index (χ2n) is 4.20. The van der Waals surface area contributed by atoms with Crippen molar-refractivity contribution in [2.45, 2.75) is 6.92 Å². The molecule has 19 heavy (non-hydrogen) atoms. The molecule has 2 aromatic carbocycles. The summed E-state index contributed by atoms with van der Waals surface area (Å²) in [6, 6.07) is 19.2. The Balaban J connectivity index is 2.72. The molecule has 2 heteroatoms. The minimum absolute atomic E-state index is 0.782. The lowest BCUT2D eigenvalue weighted by molar-refractivity contribution is 0.591. The van der Waals surface area contributed by atoms with E-state index in [1.807, 2.05) is 73.7 Å². The zero-order valence-corrected chi connectivity index (χ0v) is 11.9. The number of hydrogen-bond acceptors (Lipinski definition) is 1. The van der Waals surface area contributed by atoms with Crippen LogP contribution in [-0.4, -0.2) is 0 Å². The van der Waals surface area contributed by atoms with E-state index < -0.39 is 7.14 Å². The van der Waals surface area contributed by atoms with Gasteiger partial charge >= 0.3 is 0 Å². The molecule has 0 amide bonds. The summed E-state index contributed by atoms with van der Waals surface area (Å²) in [5.74, 6) is 0. The SMILES string of the molecule is C=C/C(=C\C)P(=O)(c1ccccc1)c1ccccc1. The summed E-state index contributed by atoms with van der Waals surface area (Å²) < 4.78 is 13.6. The van der Waals surface area contributed by atoms with Crippen LogP contribution in [-0.2, 0) is 4.57 Å². The molecule has 0 aliphatic heterocycles. The van der Waals surface area contributed by atoms with E-state index in [1.165, 1.54) is 0 Å². The van der Waals surface area contributed by atoms with E-state index in [0.29, 0.717) is 0 Å². The molecular weight excluding hydrogens is 251 g/mol. The normalized spacial score (nSPS) is 12.2. The first-order valence-electron chi connectivity index (χ1n) is 6.24. The molecular formula is C17H17OP. The third kappa shape index (κ3) is 2.47. The summed E-state index contributed by atoms with van der Waals surface area (Å²) in [6.45, 7) is 5.71. The molecule has 0 saturated carbocycles. The molecule has 0 aliphatic carbocycles. The fraction of sp³-hybridized carbons (Fsp3) is 0.0588. The zero-order chi connectivity index (χ0) is 13.7. The molecule has 0 radical (unpaired) electrons. The molecule has 0 fully saturated rings. The van der Waals surface area contributed by atoms with Crippen LogP contribution in [0.5, 0.6) is 0 Å². The Morgan fingerprint density at radius 1 is 0.947 bits per heavy atom. The van der Waals surface area contributed by atoms with Gasteiger partial charge in [-0.1, -0.05) is 79.4 Å². The van der Waals surface area contributed by atoms with Crippen LogP contribution < -0.4 is 10.6 Å². The van der Waals surface area contributed by atoms with Crippen molar-refractivity contribution in [2.75, 3.05) is 0 Å². The van der Waals surface area contributed by atoms with E-state index in [0.717, 1.165) is 15.9 Å². The van der Waals surface area contributed by atoms with E-state index in [4.69, 9.17) is 0 Å². The van der Waals surface area contributed by atoms with Gasteiger partial charge in [0.15, 0.2) is 7.14 Å². The Hall–Kier alpha value is -1.85. The van der Waals surface area contributed by atoms with Gasteiger partial charge in [-0.05, 0) is 6.92 Å². The van der Waals surface area contributed by atoms with Crippen LogP contribution in [0, 0.1) is 0 Å². The predicted octanol–water partition coefficient (Wildman–Crippen LogP) is 4.09. The molecule has 0 aliphatic rings. The van der Waals surface area contributed by atoms with Crippen molar-refractivity contribution in [1.29, 1.82) is 0 Å². The first-order chi connectivity index (χ1) is 9.23. The fourth-order valence-corrected chi connectivity index (χ4v) is 4.85. The summed E-state index contributed by atoms with van der Waals surface area (Å²) in [5, 5.41) is 2.47. The van der Waals surface area contributed by atoms with Crippen molar-refractivity contribution in [3.05, 3.63) is 84.7 Å². The monoisotopic (exact) mass is 268 g/mol. The highest BCUT2D eigenvalue weighted by Crippen LogP contribution is 2.51. The highest BCUT2D eigenvalue weighted by Gasteiger charge is 2.29. The van der Waals surface area contributed by atoms with Crippen molar-refractivity contribution in [3.63, 3.8) is 0 Å². The number of allylic oxidation sites excluding steroid dienone is 3. The smallest absolute Gasteiger partial charge is 0.170 e. The maximum Gasteiger partial charge on any atom is 0.170 e. The van der Waals surface area contributed by atoms with Gasteiger partial charge in [-0.2, -0.15) is 0 Å². The Morgan fingerprint density at radius 2 is 1.37 bits per heavy atom. The van der Waals surface area contributed by atoms with E-state index in [2.05, 4.69) is 6.58 Å². The van der Waals surface area contributed by atoms with Gasteiger partial charge in [0.25, 0.3) is 0 Å². The topological polar surface area (TPSA) is 17.1 Å². The Kier molecular flexibility index (Phi) is 4.19. The van der Waals surface area contributed by atoms with E-state index in [1.54, 1.807) is 6.08 Å². The summed E-state index contributed by atoms with van der Waals surface area (Å²) in [7, 11) is -2.79. The largest absolute Gasteiger partial charge is 0.309 e. The molecule has 0 unspecified atom stereocenters. The summed E-state index contributed by atoms with van der Waals surface area (Å²) in [5.41, 5.74) is 0. The lowest BCUT2D eigenvalue weighted by Crippen LogP contribution is -2.16. The van der Waals surface area contributed by atoms with E-state index in [9.17, 15) is 4.57 Å². The molecule has 0 N–H and O–H groups in total. The molecule has 0 spiro atoms. The summed E-state index contributed by atoms with van der Waals surface area (Å²) in [4.78, 5) is 0. The van der Waals surface area contributed by atoms with Crippen molar-refractivity contribution >= 4 is 17.8 Å². The molecule has 1 nitrogen and oxygen atoms in total. The predicted molar refractivity (Wildman–Crippen MR) is 83.7 cm³/mol. The Labute approximate surface area is 114 Å². The molecule has 96 valence electrons. The van der Waals surface area contributed by atoms with Gasteiger partial charge in [-0.25, -0.2) is 0 Å². The minimum atomic E-state index is -2.79. The average Bonchev–Trinajstić information content (AvgIpc) is 2.50. The average molecular weight is 268 g/mol. The van der Waals surface area contributed by atoms with Crippen LogP contribution in [0.1, 0.15) is 6.92 Å². The van der Waals surface area contributed by atoms with Crippen LogP contribution in [0.3, 0.4) is 0 Å². The lowest BCUT2D eigenvalue weighted by atomic mass is 10.4. The standard InChI is InChI=1S/C17H17OP/c1-3-15(4-2)19(18,16-11-7-5-8-12-16)17-13-9-6-10-14-17/h3-14H,1H2,2H3/b15-4+. The number of rotatable bonds is 4. The van der Waals surface area contributed by atoms with Crippen molar-refractivity contribution in [1.82, 2.24) is 0 Å². The molecule has 2 rings (SSSR count). The van der Waals surface area contributed by atoms with Gasteiger partial charge < -0.3 is 4.57 Å². The minimum Gasteiger partial charge on any atom is -0.309 e. The Bertz CT molecular complexity index is 583. The van der Waals surface area contributed by atoms with Gasteiger partial charge in [0.1, 0.15) is 0 Å². The first kappa shape index (κ1) is 13.6. The molecule has 2 aromatic rings. The molecule has 0 atom stereocenters. The zero-order valence-electron chi connectivity index (χ0n) is 11.0. The van der Waals surface area contributed by atoms with Crippen molar-refractivity contribution < 1.29 is 4.57 Å². The van der Waals surface area contributed by atoms with Crippen LogP contribution in [0.4, 0.5) is 0 Å². The maximum absolute atomic E-state index is 13.6. The number of hydrogen-bond donors (Lipinski definition) is 0. The second-order valence-corrected chi connectivity index (χ2v) is 6.97. The van der Waals surface area contributed by atoms with Crippen LogP contribution >= 0.6 is 7.14 Å². The van der Waals surface area contributed by atoms with Crippen molar-refractivity contribution in [3.8, 4) is 0 Å². The second kappa shape index (κ2) is 5.86. The Morgan fingerprint density at radius 3 is 1.68 bits per heavy atom. The fourth-order valence-electron chi connectivity index (χ4n) is 2.15. The van der Waals surface area contributed by atoms with Gasteiger partial charge in [-0.3, -0.25) is 0 Å².